The maximum absolute atomic E-state index is 12.3. The number of benzene rings is 2. The number of amides is 1. The van der Waals surface area contributed by atoms with Crippen LogP contribution in [0, 0.1) is 6.92 Å². The third kappa shape index (κ3) is 5.17. The van der Waals surface area contributed by atoms with E-state index in [1.807, 2.05) is 31.2 Å². The van der Waals surface area contributed by atoms with Gasteiger partial charge in [0, 0.05) is 17.0 Å². The van der Waals surface area contributed by atoms with Crippen LogP contribution in [0.25, 0.3) is 11.5 Å². The first kappa shape index (κ1) is 20.0. The van der Waals surface area contributed by atoms with Gasteiger partial charge in [0.2, 0.25) is 11.8 Å². The summed E-state index contributed by atoms with van der Waals surface area (Å²) in [6.07, 6.45) is 0.171. The number of hydrogen-bond donors (Lipinski definition) is 1. The molecule has 28 heavy (non-hydrogen) atoms. The molecular weight excluding hydrogens is 402 g/mol. The van der Waals surface area contributed by atoms with Gasteiger partial charge in [-0.2, -0.15) is 0 Å². The first-order valence-electron chi connectivity index (χ1n) is 8.52. The van der Waals surface area contributed by atoms with E-state index in [2.05, 4.69) is 15.5 Å². The zero-order chi connectivity index (χ0) is 20.1. The van der Waals surface area contributed by atoms with Gasteiger partial charge in [0.25, 0.3) is 0 Å². The maximum Gasteiger partial charge on any atom is 0.322 e. The number of carbonyl (C=O) groups excluding carboxylic acids is 1. The Bertz CT molecular complexity index is 1060. The molecule has 1 aromatic heterocycles. The van der Waals surface area contributed by atoms with Crippen LogP contribution in [-0.4, -0.2) is 30.3 Å². The van der Waals surface area contributed by atoms with Crippen LogP contribution in [0.3, 0.4) is 0 Å². The largest absolute Gasteiger partial charge is 0.403 e. The molecule has 0 fully saturated rings. The van der Waals surface area contributed by atoms with Crippen molar-refractivity contribution < 1.29 is 17.6 Å². The van der Waals surface area contributed by atoms with Gasteiger partial charge in [-0.3, -0.25) is 10.1 Å². The summed E-state index contributed by atoms with van der Waals surface area (Å²) in [6, 6.07) is 13.4. The fourth-order valence-corrected chi connectivity index (χ4v) is 3.89. The molecule has 3 rings (SSSR count). The molecule has 0 aliphatic rings. The summed E-state index contributed by atoms with van der Waals surface area (Å²) in [6.45, 7) is 1.97. The number of aromatic nitrogens is 2. The molecule has 1 amide bonds. The second-order valence-corrected chi connectivity index (χ2v) is 8.75. The smallest absolute Gasteiger partial charge is 0.322 e. The molecule has 0 aliphatic carbocycles. The average Bonchev–Trinajstić information content (AvgIpc) is 3.11. The van der Waals surface area contributed by atoms with E-state index in [-0.39, 0.29) is 29.5 Å². The number of nitrogens with one attached hydrogen (secondary N) is 1. The van der Waals surface area contributed by atoms with Crippen molar-refractivity contribution in [1.82, 2.24) is 10.2 Å². The Morgan fingerprint density at radius 1 is 1.07 bits per heavy atom. The van der Waals surface area contributed by atoms with Gasteiger partial charge in [-0.1, -0.05) is 34.4 Å². The van der Waals surface area contributed by atoms with Crippen molar-refractivity contribution in [3.05, 3.63) is 59.1 Å². The number of rotatable bonds is 7. The monoisotopic (exact) mass is 419 g/mol. The minimum atomic E-state index is -3.47. The molecule has 2 aromatic carbocycles. The van der Waals surface area contributed by atoms with Crippen molar-refractivity contribution in [2.45, 2.75) is 24.7 Å². The molecular formula is C19H18ClN3O4S. The quantitative estimate of drug-likeness (QED) is 0.623. The molecule has 0 unspecified atom stereocenters. The first-order chi connectivity index (χ1) is 13.3. The van der Waals surface area contributed by atoms with Crippen molar-refractivity contribution in [3.8, 4) is 11.5 Å². The van der Waals surface area contributed by atoms with Crippen LogP contribution in [0.1, 0.15) is 18.4 Å². The topological polar surface area (TPSA) is 102 Å². The van der Waals surface area contributed by atoms with Gasteiger partial charge in [-0.25, -0.2) is 8.42 Å². The summed E-state index contributed by atoms with van der Waals surface area (Å²) in [4.78, 5) is 12.2. The molecule has 0 radical (unpaired) electrons. The molecule has 0 saturated heterocycles. The Kier molecular flexibility index (Phi) is 6.11. The van der Waals surface area contributed by atoms with Crippen LogP contribution in [0.2, 0.25) is 5.02 Å². The fourth-order valence-electron chi connectivity index (χ4n) is 2.45. The highest BCUT2D eigenvalue weighted by Crippen LogP contribution is 2.20. The highest BCUT2D eigenvalue weighted by atomic mass is 35.5. The second kappa shape index (κ2) is 8.53. The lowest BCUT2D eigenvalue weighted by Crippen LogP contribution is -2.14. The van der Waals surface area contributed by atoms with Gasteiger partial charge in [-0.05, 0) is 49.7 Å². The molecule has 3 aromatic rings. The lowest BCUT2D eigenvalue weighted by Gasteiger charge is -2.04. The number of nitrogens with zero attached hydrogens (tertiary/aromatic N) is 2. The number of sulfone groups is 1. The van der Waals surface area contributed by atoms with Gasteiger partial charge in [0.05, 0.1) is 10.6 Å². The van der Waals surface area contributed by atoms with Crippen molar-refractivity contribution in [2.75, 3.05) is 11.1 Å². The molecule has 9 heteroatoms. The third-order valence-electron chi connectivity index (χ3n) is 3.96. The molecule has 0 saturated carbocycles. The molecule has 0 atom stereocenters. The van der Waals surface area contributed by atoms with Crippen molar-refractivity contribution in [3.63, 3.8) is 0 Å². The highest BCUT2D eigenvalue weighted by Gasteiger charge is 2.16. The Morgan fingerprint density at radius 3 is 2.43 bits per heavy atom. The van der Waals surface area contributed by atoms with E-state index < -0.39 is 15.7 Å². The molecule has 0 aliphatic heterocycles. The van der Waals surface area contributed by atoms with E-state index in [0.717, 1.165) is 11.1 Å². The van der Waals surface area contributed by atoms with Crippen LogP contribution in [0.4, 0.5) is 6.01 Å². The van der Waals surface area contributed by atoms with E-state index in [0.29, 0.717) is 10.9 Å². The Labute approximate surface area is 167 Å². The normalized spacial score (nSPS) is 11.4. The summed E-state index contributed by atoms with van der Waals surface area (Å²) in [5.74, 6) is -0.258. The molecule has 0 spiro atoms. The van der Waals surface area contributed by atoms with Gasteiger partial charge >= 0.3 is 6.01 Å². The van der Waals surface area contributed by atoms with Gasteiger partial charge in [0.1, 0.15) is 0 Å². The van der Waals surface area contributed by atoms with Crippen molar-refractivity contribution >= 4 is 33.4 Å². The fraction of sp³-hybridized carbons (Fsp3) is 0.211. The average molecular weight is 420 g/mol. The van der Waals surface area contributed by atoms with Crippen LogP contribution in [0.5, 0.6) is 0 Å². The molecule has 146 valence electrons. The minimum Gasteiger partial charge on any atom is -0.403 e. The van der Waals surface area contributed by atoms with Crippen LogP contribution in [0.15, 0.2) is 57.8 Å². The number of aryl methyl sites for hydroxylation is 1. The van der Waals surface area contributed by atoms with Crippen LogP contribution in [-0.2, 0) is 14.6 Å². The predicted molar refractivity (Wildman–Crippen MR) is 106 cm³/mol. The molecule has 1 heterocycles. The summed E-state index contributed by atoms with van der Waals surface area (Å²) in [5, 5.41) is 10.6. The zero-order valence-corrected chi connectivity index (χ0v) is 16.6. The summed E-state index contributed by atoms with van der Waals surface area (Å²) < 4.78 is 29.9. The van der Waals surface area contributed by atoms with Crippen LogP contribution >= 0.6 is 11.6 Å². The number of hydrogen-bond acceptors (Lipinski definition) is 6. The van der Waals surface area contributed by atoms with Crippen molar-refractivity contribution in [2.24, 2.45) is 0 Å². The van der Waals surface area contributed by atoms with Crippen LogP contribution < -0.4 is 5.32 Å². The Hall–Kier alpha value is -2.71. The lowest BCUT2D eigenvalue weighted by molar-refractivity contribution is -0.116. The predicted octanol–water partition coefficient (Wildman–Crippen LogP) is 3.89. The Balaban J connectivity index is 1.52. The van der Waals surface area contributed by atoms with E-state index in [4.69, 9.17) is 16.0 Å². The minimum absolute atomic E-state index is 0.00899. The molecule has 7 nitrogen and oxygen atoms in total. The standard InChI is InChI=1S/C19H18ClN3O4S/c1-13-4-6-14(7-5-13)18-22-23-19(27-18)21-17(24)3-2-12-28(25,26)16-10-8-15(20)9-11-16/h4-11H,2-3,12H2,1H3,(H,21,23,24). The number of halogens is 1. The molecule has 0 bridgehead atoms. The number of carbonyl (C=O) groups is 1. The third-order valence-corrected chi connectivity index (χ3v) is 6.03. The van der Waals surface area contributed by atoms with E-state index in [1.54, 1.807) is 0 Å². The number of anilines is 1. The summed E-state index contributed by atoms with van der Waals surface area (Å²) in [7, 11) is -3.47. The summed E-state index contributed by atoms with van der Waals surface area (Å²) >= 11 is 5.76. The van der Waals surface area contributed by atoms with Crippen molar-refractivity contribution in [1.29, 1.82) is 0 Å². The first-order valence-corrected chi connectivity index (χ1v) is 10.6. The zero-order valence-electron chi connectivity index (χ0n) is 15.1. The maximum atomic E-state index is 12.3. The second-order valence-electron chi connectivity index (χ2n) is 6.20. The molecule has 1 N–H and O–H groups in total. The highest BCUT2D eigenvalue weighted by molar-refractivity contribution is 7.91. The summed E-state index contributed by atoms with van der Waals surface area (Å²) in [5.41, 5.74) is 1.85. The van der Waals surface area contributed by atoms with Gasteiger partial charge < -0.3 is 4.42 Å². The van der Waals surface area contributed by atoms with E-state index in [9.17, 15) is 13.2 Å². The lowest BCUT2D eigenvalue weighted by atomic mass is 10.1. The van der Waals surface area contributed by atoms with E-state index in [1.165, 1.54) is 24.3 Å². The van der Waals surface area contributed by atoms with E-state index >= 15 is 0 Å². The SMILES string of the molecule is Cc1ccc(-c2nnc(NC(=O)CCCS(=O)(=O)c3ccc(Cl)cc3)o2)cc1. The van der Waals surface area contributed by atoms with Gasteiger partial charge in [0.15, 0.2) is 9.84 Å². The Morgan fingerprint density at radius 2 is 1.75 bits per heavy atom. The van der Waals surface area contributed by atoms with Gasteiger partial charge in [-0.15, -0.1) is 5.10 Å².